The first kappa shape index (κ1) is 15.7. The van der Waals surface area contributed by atoms with E-state index in [0.29, 0.717) is 18.3 Å². The Morgan fingerprint density at radius 3 is 2.65 bits per heavy atom. The highest BCUT2D eigenvalue weighted by molar-refractivity contribution is 5.49. The lowest BCUT2D eigenvalue weighted by atomic mass is 10.1. The number of rotatable bonds is 4. The summed E-state index contributed by atoms with van der Waals surface area (Å²) >= 11 is 0. The quantitative estimate of drug-likeness (QED) is 0.867. The van der Waals surface area contributed by atoms with Gasteiger partial charge in [-0.2, -0.15) is 0 Å². The van der Waals surface area contributed by atoms with Crippen molar-refractivity contribution >= 4 is 5.69 Å². The number of hydrogen-bond donors (Lipinski definition) is 0. The van der Waals surface area contributed by atoms with Gasteiger partial charge in [-0.25, -0.2) is 4.39 Å². The summed E-state index contributed by atoms with van der Waals surface area (Å²) in [7, 11) is 1.67. The number of piperazine rings is 1. The van der Waals surface area contributed by atoms with Crippen LogP contribution in [-0.2, 0) is 6.54 Å². The van der Waals surface area contributed by atoms with Crippen molar-refractivity contribution in [1.82, 2.24) is 9.88 Å². The molecule has 1 aromatic heterocycles. The number of benzene rings is 1. The zero-order chi connectivity index (χ0) is 16.2. The predicted octanol–water partition coefficient (Wildman–Crippen LogP) is 2.94. The van der Waals surface area contributed by atoms with Crippen molar-refractivity contribution in [1.29, 1.82) is 0 Å². The summed E-state index contributed by atoms with van der Waals surface area (Å²) in [5.41, 5.74) is 1.72. The summed E-state index contributed by atoms with van der Waals surface area (Å²) in [5, 5.41) is 0. The highest BCUT2D eigenvalue weighted by atomic mass is 19.1. The maximum absolute atomic E-state index is 13.8. The largest absolute Gasteiger partial charge is 0.497 e. The summed E-state index contributed by atoms with van der Waals surface area (Å²) in [6.07, 6.45) is 1.65. The van der Waals surface area contributed by atoms with E-state index in [-0.39, 0.29) is 5.82 Å². The molecule has 0 amide bonds. The maximum atomic E-state index is 13.8. The van der Waals surface area contributed by atoms with E-state index in [9.17, 15) is 4.39 Å². The minimum Gasteiger partial charge on any atom is -0.497 e. The molecule has 1 unspecified atom stereocenters. The Morgan fingerprint density at radius 1 is 1.22 bits per heavy atom. The molecule has 1 atom stereocenters. The SMILES string of the molecule is COc1ccc(N2CCN(Cc3ncccc3F)C(C)C2)cc1. The van der Waals surface area contributed by atoms with Crippen LogP contribution in [0, 0.1) is 5.82 Å². The van der Waals surface area contributed by atoms with Gasteiger partial charge >= 0.3 is 0 Å². The van der Waals surface area contributed by atoms with Gasteiger partial charge in [-0.1, -0.05) is 0 Å². The second kappa shape index (κ2) is 6.96. The molecule has 1 fully saturated rings. The van der Waals surface area contributed by atoms with Crippen LogP contribution < -0.4 is 9.64 Å². The van der Waals surface area contributed by atoms with E-state index in [1.54, 1.807) is 19.4 Å². The monoisotopic (exact) mass is 315 g/mol. The Labute approximate surface area is 136 Å². The van der Waals surface area contributed by atoms with Gasteiger partial charge in [0.2, 0.25) is 0 Å². The molecule has 0 saturated carbocycles. The van der Waals surface area contributed by atoms with Crippen molar-refractivity contribution in [2.45, 2.75) is 19.5 Å². The lowest BCUT2D eigenvalue weighted by Gasteiger charge is -2.40. The van der Waals surface area contributed by atoms with E-state index in [1.165, 1.54) is 11.8 Å². The molecule has 2 aromatic rings. The summed E-state index contributed by atoms with van der Waals surface area (Å²) < 4.78 is 19.0. The summed E-state index contributed by atoms with van der Waals surface area (Å²) in [4.78, 5) is 8.80. The molecule has 2 heterocycles. The first-order valence-corrected chi connectivity index (χ1v) is 7.90. The molecule has 0 radical (unpaired) electrons. The van der Waals surface area contributed by atoms with Gasteiger partial charge in [-0.15, -0.1) is 0 Å². The molecule has 5 heteroatoms. The Morgan fingerprint density at radius 2 is 2.00 bits per heavy atom. The van der Waals surface area contributed by atoms with Crippen LogP contribution in [-0.4, -0.2) is 42.7 Å². The molecule has 0 N–H and O–H groups in total. The molecule has 4 nitrogen and oxygen atoms in total. The second-order valence-corrected chi connectivity index (χ2v) is 5.90. The fourth-order valence-electron chi connectivity index (χ4n) is 2.98. The van der Waals surface area contributed by atoms with Gasteiger partial charge in [0.15, 0.2) is 0 Å². The van der Waals surface area contributed by atoms with Crippen molar-refractivity contribution in [3.63, 3.8) is 0 Å². The summed E-state index contributed by atoms with van der Waals surface area (Å²) in [6, 6.07) is 11.6. The summed E-state index contributed by atoms with van der Waals surface area (Å²) in [6.45, 7) is 5.47. The fraction of sp³-hybridized carbons (Fsp3) is 0.389. The van der Waals surface area contributed by atoms with E-state index >= 15 is 0 Å². The van der Waals surface area contributed by atoms with Crippen molar-refractivity contribution < 1.29 is 9.13 Å². The van der Waals surface area contributed by atoms with Crippen LogP contribution in [0.2, 0.25) is 0 Å². The van der Waals surface area contributed by atoms with Crippen LogP contribution in [0.1, 0.15) is 12.6 Å². The van der Waals surface area contributed by atoms with E-state index in [1.807, 2.05) is 12.1 Å². The number of hydrogen-bond acceptors (Lipinski definition) is 4. The number of halogens is 1. The summed E-state index contributed by atoms with van der Waals surface area (Å²) in [5.74, 6) is 0.642. The Bertz CT molecular complexity index is 647. The molecule has 1 aromatic carbocycles. The average Bonchev–Trinajstić information content (AvgIpc) is 2.58. The van der Waals surface area contributed by atoms with Gasteiger partial charge in [-0.3, -0.25) is 9.88 Å². The van der Waals surface area contributed by atoms with Crippen molar-refractivity contribution in [2.75, 3.05) is 31.6 Å². The lowest BCUT2D eigenvalue weighted by molar-refractivity contribution is 0.176. The van der Waals surface area contributed by atoms with E-state index in [0.717, 1.165) is 25.4 Å². The number of aromatic nitrogens is 1. The Hall–Kier alpha value is -2.14. The van der Waals surface area contributed by atoms with Gasteiger partial charge in [-0.05, 0) is 43.3 Å². The van der Waals surface area contributed by atoms with Crippen LogP contribution in [0.4, 0.5) is 10.1 Å². The van der Waals surface area contributed by atoms with Gasteiger partial charge in [0.25, 0.3) is 0 Å². The van der Waals surface area contributed by atoms with Crippen molar-refractivity contribution in [3.05, 3.63) is 54.1 Å². The number of nitrogens with zero attached hydrogens (tertiary/aromatic N) is 3. The molecule has 0 spiro atoms. The van der Waals surface area contributed by atoms with Crippen LogP contribution in [0.3, 0.4) is 0 Å². The first-order chi connectivity index (χ1) is 11.2. The predicted molar refractivity (Wildman–Crippen MR) is 89.3 cm³/mol. The van der Waals surface area contributed by atoms with Crippen LogP contribution in [0.15, 0.2) is 42.6 Å². The highest BCUT2D eigenvalue weighted by Crippen LogP contribution is 2.23. The molecule has 1 aliphatic heterocycles. The molecule has 23 heavy (non-hydrogen) atoms. The van der Waals surface area contributed by atoms with Crippen LogP contribution in [0.5, 0.6) is 5.75 Å². The standard InChI is InChI=1S/C18H22FN3O/c1-14-12-22(15-5-7-16(23-2)8-6-15)11-10-21(14)13-18-17(19)4-3-9-20-18/h3-9,14H,10-13H2,1-2H3. The normalized spacial score (nSPS) is 18.9. The molecule has 122 valence electrons. The van der Waals surface area contributed by atoms with Crippen LogP contribution >= 0.6 is 0 Å². The maximum Gasteiger partial charge on any atom is 0.146 e. The van der Waals surface area contributed by atoms with Crippen molar-refractivity contribution in [2.24, 2.45) is 0 Å². The number of ether oxygens (including phenoxy) is 1. The third-order valence-electron chi connectivity index (χ3n) is 4.39. The van der Waals surface area contributed by atoms with E-state index in [4.69, 9.17) is 4.74 Å². The smallest absolute Gasteiger partial charge is 0.146 e. The molecular formula is C18H22FN3O. The zero-order valence-electron chi connectivity index (χ0n) is 13.6. The molecule has 0 bridgehead atoms. The van der Waals surface area contributed by atoms with E-state index < -0.39 is 0 Å². The second-order valence-electron chi connectivity index (χ2n) is 5.90. The topological polar surface area (TPSA) is 28.6 Å². The Balaban J connectivity index is 1.63. The highest BCUT2D eigenvalue weighted by Gasteiger charge is 2.24. The van der Waals surface area contributed by atoms with Gasteiger partial charge in [0, 0.05) is 44.1 Å². The molecule has 1 saturated heterocycles. The van der Waals surface area contributed by atoms with Gasteiger partial charge in [0.1, 0.15) is 11.6 Å². The van der Waals surface area contributed by atoms with Crippen LogP contribution in [0.25, 0.3) is 0 Å². The fourth-order valence-corrected chi connectivity index (χ4v) is 2.98. The molecule has 3 rings (SSSR count). The van der Waals surface area contributed by atoms with Gasteiger partial charge in [0.05, 0.1) is 12.8 Å². The Kier molecular flexibility index (Phi) is 4.76. The molecule has 0 aliphatic carbocycles. The minimum atomic E-state index is -0.225. The number of pyridine rings is 1. The first-order valence-electron chi connectivity index (χ1n) is 7.90. The minimum absolute atomic E-state index is 0.225. The number of methoxy groups -OCH3 is 1. The molecular weight excluding hydrogens is 293 g/mol. The van der Waals surface area contributed by atoms with Gasteiger partial charge < -0.3 is 9.64 Å². The zero-order valence-corrected chi connectivity index (χ0v) is 13.6. The van der Waals surface area contributed by atoms with Crippen molar-refractivity contribution in [3.8, 4) is 5.75 Å². The third kappa shape index (κ3) is 3.62. The number of anilines is 1. The third-order valence-corrected chi connectivity index (χ3v) is 4.39. The van der Waals surface area contributed by atoms with E-state index in [2.05, 4.69) is 33.8 Å². The lowest BCUT2D eigenvalue weighted by Crippen LogP contribution is -2.51. The average molecular weight is 315 g/mol. The molecule has 1 aliphatic rings.